The maximum atomic E-state index is 14.7. The highest BCUT2D eigenvalue weighted by Gasteiger charge is 2.40. The van der Waals surface area contributed by atoms with Crippen LogP contribution < -0.4 is 9.47 Å². The Kier molecular flexibility index (Phi) is 15.8. The third kappa shape index (κ3) is 30.8. The smallest absolute Gasteiger partial charge is 0.480 e. The van der Waals surface area contributed by atoms with Gasteiger partial charge in [-0.3, -0.25) is 9.80 Å². The fourth-order valence-electron chi connectivity index (χ4n) is 6.82. The number of halogens is 8. The van der Waals surface area contributed by atoms with Crippen LogP contribution in [0, 0.1) is 0 Å². The lowest BCUT2D eigenvalue weighted by molar-refractivity contribution is -0.275. The number of aliphatic hydroxyl groups excluding tert-OH is 1. The number of carboxylic acid groups (broad SMARTS) is 1. The molecular formula is C58H120F8N2O15. The zero-order chi connectivity index (χ0) is 109. The quantitative estimate of drug-likeness (QED) is 0.0451. The van der Waals surface area contributed by atoms with E-state index in [1.165, 1.54) is 66.1 Å². The number of alkyl halides is 8. The number of aliphatic carboxylic acids is 1. The number of esters is 3. The second-order valence-electron chi connectivity index (χ2n) is 21.8. The summed E-state index contributed by atoms with van der Waals surface area (Å²) in [5.74, 6) is -4.94. The van der Waals surface area contributed by atoms with E-state index in [2.05, 4.69) is 9.47 Å². The SMILES string of the molecule is CN(C(=O)OC(C)(C)C)[C@@H](CC(C)(C)F)C(=O)O.CN(C(=O)OC(C)(C)C)[C@@H](CC(C)(C)F)C(=O)O[C@H](Cc1ccc(OC(F)(F)F)cc1)C(=O)OCc1ccccc1.O=C(OCc1ccccc1)[C@H](O)Cc1ccc(OC(F)(F)F)cc1.[2HH].[2H][2H].[2H][2H].[2H][2H].[2H][2H].[2H][2H].[2H][2H].[2H][2H].[2H][2H].[2H][2H].[2H][2H].[2H][2H].[2H][2H].[2H][2H].[2H][2H].[2H][2H].[2H][2H].[2H][2H].[2H][2H].[2H][2H].[2H][2H].[2H][2H].[2H][2H].[2H][2H]. The molecule has 0 aliphatic heterocycles. The minimum Gasteiger partial charge on any atom is -0.480 e. The van der Waals surface area contributed by atoms with Crippen LogP contribution >= 0.6 is 0 Å². The van der Waals surface area contributed by atoms with Gasteiger partial charge in [0, 0.05) is 110 Å². The normalized spacial score (nSPS) is 15.5. The second-order valence-corrected chi connectivity index (χ2v) is 21.8. The maximum absolute atomic E-state index is 14.7. The molecule has 0 radical (unpaired) electrons. The number of aliphatic hydroxyl groups is 1. The number of likely N-dealkylation sites (N-methyl/N-ethyl adjacent to an activating group) is 2. The molecule has 25 heteroatoms. The molecule has 2 N–H and O–H groups in total. The molecule has 0 aliphatic carbocycles. The molecule has 508 valence electrons. The van der Waals surface area contributed by atoms with E-state index in [1.807, 2.05) is 6.07 Å². The molecule has 17 nitrogen and oxygen atoms in total. The average Bonchev–Trinajstić information content (AvgIpc) is 0.845. The number of nitrogens with zero attached hydrogens (tertiary/aromatic N) is 2. The van der Waals surface area contributed by atoms with Crippen molar-refractivity contribution in [2.75, 3.05) is 14.1 Å². The van der Waals surface area contributed by atoms with Gasteiger partial charge in [-0.2, -0.15) is 0 Å². The van der Waals surface area contributed by atoms with E-state index < -0.39 is 108 Å². The van der Waals surface area contributed by atoms with E-state index in [1.54, 1.807) is 96.1 Å². The molecule has 0 unspecified atom stereocenters. The van der Waals surface area contributed by atoms with Crippen molar-refractivity contribution in [3.05, 3.63) is 131 Å². The summed E-state index contributed by atoms with van der Waals surface area (Å²) in [4.78, 5) is 75.4. The lowest BCUT2D eigenvalue weighted by Crippen LogP contribution is -2.49. The van der Waals surface area contributed by atoms with Gasteiger partial charge in [-0.05, 0) is 116 Å². The van der Waals surface area contributed by atoms with Crippen LogP contribution in [0.4, 0.5) is 44.7 Å². The van der Waals surface area contributed by atoms with Gasteiger partial charge in [-0.1, -0.05) is 84.9 Å². The minimum atomic E-state index is -4.89. The minimum absolute atomic E-state index is 0. The first kappa shape index (κ1) is 42.2. The highest BCUT2D eigenvalue weighted by molar-refractivity contribution is 5.85. The van der Waals surface area contributed by atoms with E-state index in [-0.39, 0.29) is 39.7 Å². The predicted molar refractivity (Wildman–Crippen MR) is 336 cm³/mol. The van der Waals surface area contributed by atoms with Gasteiger partial charge in [0.15, 0.2) is 6.10 Å². The van der Waals surface area contributed by atoms with Crippen LogP contribution in [0.15, 0.2) is 109 Å². The summed E-state index contributed by atoms with van der Waals surface area (Å²) in [6, 6.07) is 24.4. The van der Waals surface area contributed by atoms with Crippen LogP contribution in [0.1, 0.15) is 174 Å². The summed E-state index contributed by atoms with van der Waals surface area (Å²) >= 11 is 0. The number of carbonyl (C=O) groups is 6. The topological polar surface area (TPSA) is 214 Å². The summed E-state index contributed by atoms with van der Waals surface area (Å²) in [6.45, 7) is 14.7. The van der Waals surface area contributed by atoms with Gasteiger partial charge in [0.1, 0.15) is 59.3 Å². The molecule has 0 fully saturated rings. The van der Waals surface area contributed by atoms with Crippen molar-refractivity contribution < 1.29 is 177 Å². The molecule has 4 rings (SSSR count). The van der Waals surface area contributed by atoms with Crippen molar-refractivity contribution in [3.8, 4) is 11.5 Å². The van der Waals surface area contributed by atoms with Crippen LogP contribution in [0.25, 0.3) is 0 Å². The first-order chi connectivity index (χ1) is 61.0. The number of carbonyl (C=O) groups excluding carboxylic acids is 5. The molecule has 0 aromatic heterocycles. The van der Waals surface area contributed by atoms with E-state index in [0.29, 0.717) is 16.7 Å². The van der Waals surface area contributed by atoms with Crippen LogP contribution in [0.5, 0.6) is 11.5 Å². The summed E-state index contributed by atoms with van der Waals surface area (Å²) in [5.41, 5.74) is -2.99. The van der Waals surface area contributed by atoms with Crippen LogP contribution in [-0.4, -0.2) is 130 Å². The Hall–Kier alpha value is -7.70. The van der Waals surface area contributed by atoms with Crippen LogP contribution in [0.2, 0.25) is 0 Å². The summed E-state index contributed by atoms with van der Waals surface area (Å²) in [5, 5.41) is 18.9. The van der Waals surface area contributed by atoms with Gasteiger partial charge in [-0.15, -0.1) is 26.3 Å². The molecule has 0 saturated heterocycles. The number of hydrogen-bond acceptors (Lipinski definition) is 14. The molecule has 4 atom stereocenters. The van der Waals surface area contributed by atoms with E-state index in [4.69, 9.17) is 97.1 Å². The fourth-order valence-corrected chi connectivity index (χ4v) is 6.82. The fraction of sp³-hybridized carbons (Fsp3) is 0.483. The lowest BCUT2D eigenvalue weighted by atomic mass is 10.00. The summed E-state index contributed by atoms with van der Waals surface area (Å²) in [6.07, 6.45) is -15.4. The van der Waals surface area contributed by atoms with Crippen molar-refractivity contribution in [1.82, 2.24) is 9.80 Å². The van der Waals surface area contributed by atoms with Crippen molar-refractivity contribution in [2.24, 2.45) is 0 Å². The van der Waals surface area contributed by atoms with Crippen molar-refractivity contribution >= 4 is 36.1 Å². The number of rotatable bonds is 21. The number of hydrogen-bond donors (Lipinski definition) is 2. The zero-order valence-corrected chi connectivity index (χ0v) is 48.1. The molecular weight excluding hydrogens is 1120 g/mol. The predicted octanol–water partition coefficient (Wildman–Crippen LogP) is 17.7. The van der Waals surface area contributed by atoms with Gasteiger partial charge in [0.05, 0.1) is 0 Å². The summed E-state index contributed by atoms with van der Waals surface area (Å²) < 4.78 is 366. The van der Waals surface area contributed by atoms with Gasteiger partial charge >= 0.3 is 48.8 Å². The van der Waals surface area contributed by atoms with Crippen molar-refractivity contribution in [3.63, 3.8) is 0 Å². The highest BCUT2D eigenvalue weighted by atomic mass is 19.4. The summed E-state index contributed by atoms with van der Waals surface area (Å²) in [7, 11) is 2.53. The van der Waals surface area contributed by atoms with Crippen molar-refractivity contribution in [1.29, 1.82) is 0 Å². The molecule has 0 aliphatic rings. The Bertz CT molecular complexity index is 2790. The van der Waals surface area contributed by atoms with Gasteiger partial charge in [-0.25, -0.2) is 37.5 Å². The van der Waals surface area contributed by atoms with Gasteiger partial charge in [0.25, 0.3) is 0 Å². The van der Waals surface area contributed by atoms with Crippen molar-refractivity contribution in [2.45, 2.75) is 168 Å². The third-order valence-electron chi connectivity index (χ3n) is 10.6. The number of carboxylic acids is 1. The van der Waals surface area contributed by atoms with Gasteiger partial charge < -0.3 is 43.4 Å². The van der Waals surface area contributed by atoms with Crippen LogP contribution in [0.3, 0.4) is 0 Å². The van der Waals surface area contributed by atoms with Gasteiger partial charge in [0.2, 0.25) is 6.10 Å². The molecule has 4 aromatic rings. The second kappa shape index (κ2) is 31.1. The molecule has 0 spiro atoms. The largest absolute Gasteiger partial charge is 0.573 e. The Balaban J connectivity index is -0.0000000530. The Labute approximate surface area is 549 Å². The number of benzene rings is 4. The number of ether oxygens (including phenoxy) is 7. The molecule has 0 heterocycles. The Morgan fingerprint density at radius 1 is 0.494 bits per heavy atom. The Morgan fingerprint density at radius 2 is 0.843 bits per heavy atom. The Morgan fingerprint density at radius 3 is 1.19 bits per heavy atom. The van der Waals surface area contributed by atoms with Crippen LogP contribution in [-0.2, 0) is 68.9 Å². The first-order valence-corrected chi connectivity index (χ1v) is 25.5. The van der Waals surface area contributed by atoms with E-state index >= 15 is 0 Å². The molecule has 4 aromatic carbocycles. The molecule has 83 heavy (non-hydrogen) atoms. The lowest BCUT2D eigenvalue weighted by Gasteiger charge is -2.32. The zero-order valence-electron chi connectivity index (χ0n) is 94.1. The molecule has 2 amide bonds. The first-order valence-electron chi connectivity index (χ1n) is 48.5. The van der Waals surface area contributed by atoms with E-state index in [0.717, 1.165) is 39.6 Å². The molecule has 0 bridgehead atoms. The standard InChI is InChI=1S/C29H35F4NO7.C17H15F3O4.C12H22FNO4.24H2/c1-27(2,3)41-26(37)34(6)22(17-28(4,5)30)24(35)39-23(25(36)38-18-20-10-8-7-9-11-20)16-19-12-14-21(15-13-19)40-29(31,32)33;18-17(19,20)24-14-8-6-12(7-9-14)10-15(21)16(22)23-11-13-4-2-1-3-5-13;1-11(2,3)18-10(17)14(6)8(9(15)16)7-12(4,5)13;;;;;;;;;;;;;;;;;;;;;;;;/h7-15,22-23H,16-18H2,1-6H3;1-9,15,21H,10-11H2;8H,7H2,1-6H3,(H,15,16);24*1H/t22-,23+;15-;8-;;;;;;;;;;;;;;;;;;;;;;;;/m010......................../s1/i;;;23*1+1D;1+1. The number of amides is 2. The average molecular weight is 1280 g/mol. The molecule has 0 saturated carbocycles. The maximum Gasteiger partial charge on any atom is 0.573 e. The monoisotopic (exact) mass is 1280 g/mol. The highest BCUT2D eigenvalue weighted by Crippen LogP contribution is 2.27. The third-order valence-corrected chi connectivity index (χ3v) is 10.6. The van der Waals surface area contributed by atoms with E-state index in [9.17, 15) is 69.0 Å².